The number of hydrogen-bond donors (Lipinski definition) is 1. The average molecular weight is 225 g/mol. The lowest BCUT2D eigenvalue weighted by Crippen LogP contribution is -2.60. The Kier molecular flexibility index (Phi) is 2.73. The quantitative estimate of drug-likeness (QED) is 0.782. The number of aliphatic hydroxyl groups excluding tert-OH is 1. The first kappa shape index (κ1) is 11.0. The second kappa shape index (κ2) is 3.97. The standard InChI is InChI=1S/C13H23NO2/c1-2-14(6-7-15)11-4-3-5-13-8-10(9-16-13)12(11)13/h10-12,15H,2-9H2,1H3. The molecule has 4 aliphatic rings. The van der Waals surface area contributed by atoms with E-state index in [0.29, 0.717) is 6.04 Å². The SMILES string of the molecule is CCN(CCO)C1CCCC23CC(CO2)C13. The van der Waals surface area contributed by atoms with Crippen molar-refractivity contribution in [2.75, 3.05) is 26.3 Å². The van der Waals surface area contributed by atoms with Gasteiger partial charge in [0.1, 0.15) is 0 Å². The summed E-state index contributed by atoms with van der Waals surface area (Å²) in [5, 5.41) is 9.14. The maximum Gasteiger partial charge on any atom is 0.0732 e. The van der Waals surface area contributed by atoms with Crippen LogP contribution in [0.2, 0.25) is 0 Å². The van der Waals surface area contributed by atoms with E-state index in [1.54, 1.807) is 0 Å². The van der Waals surface area contributed by atoms with Gasteiger partial charge in [-0.15, -0.1) is 0 Å². The fraction of sp³-hybridized carbons (Fsp3) is 1.00. The fourth-order valence-corrected chi connectivity index (χ4v) is 4.46. The third-order valence-corrected chi connectivity index (χ3v) is 5.08. The highest BCUT2D eigenvalue weighted by molar-refractivity contribution is 5.14. The topological polar surface area (TPSA) is 32.7 Å². The lowest BCUT2D eigenvalue weighted by molar-refractivity contribution is -0.117. The predicted octanol–water partition coefficient (Wildman–Crippen LogP) is 1.26. The van der Waals surface area contributed by atoms with E-state index in [-0.39, 0.29) is 12.2 Å². The molecule has 1 spiro atoms. The minimum absolute atomic E-state index is 0.260. The molecule has 16 heavy (non-hydrogen) atoms. The molecule has 92 valence electrons. The zero-order chi connectivity index (χ0) is 11.2. The van der Waals surface area contributed by atoms with Crippen LogP contribution in [-0.2, 0) is 4.74 Å². The molecule has 0 aromatic heterocycles. The highest BCUT2D eigenvalue weighted by Crippen LogP contribution is 2.60. The molecule has 2 saturated heterocycles. The van der Waals surface area contributed by atoms with Crippen LogP contribution >= 0.6 is 0 Å². The summed E-state index contributed by atoms with van der Waals surface area (Å²) in [7, 11) is 0. The van der Waals surface area contributed by atoms with Crippen LogP contribution in [0.5, 0.6) is 0 Å². The minimum atomic E-state index is 0.260. The third-order valence-electron chi connectivity index (χ3n) is 5.08. The summed E-state index contributed by atoms with van der Waals surface area (Å²) in [4.78, 5) is 2.47. The molecule has 3 heteroatoms. The molecular formula is C13H23NO2. The van der Waals surface area contributed by atoms with Crippen molar-refractivity contribution in [3.63, 3.8) is 0 Å². The number of nitrogens with zero attached hydrogens (tertiary/aromatic N) is 1. The lowest BCUT2D eigenvalue weighted by Gasteiger charge is -2.55. The second-order valence-electron chi connectivity index (χ2n) is 5.68. The molecule has 3 nitrogen and oxygen atoms in total. The van der Waals surface area contributed by atoms with E-state index < -0.39 is 0 Å². The summed E-state index contributed by atoms with van der Waals surface area (Å²) < 4.78 is 6.03. The van der Waals surface area contributed by atoms with Crippen molar-refractivity contribution in [3.05, 3.63) is 0 Å². The van der Waals surface area contributed by atoms with E-state index in [4.69, 9.17) is 9.84 Å². The molecule has 4 rings (SSSR count). The van der Waals surface area contributed by atoms with Crippen molar-refractivity contribution in [1.82, 2.24) is 4.90 Å². The van der Waals surface area contributed by atoms with Crippen molar-refractivity contribution in [3.8, 4) is 0 Å². The van der Waals surface area contributed by atoms with Crippen LogP contribution in [0.25, 0.3) is 0 Å². The molecular weight excluding hydrogens is 202 g/mol. The molecule has 0 aromatic carbocycles. The number of fused-ring (bicyclic) bond motifs is 1. The highest BCUT2D eigenvalue weighted by atomic mass is 16.5. The van der Waals surface area contributed by atoms with Crippen molar-refractivity contribution in [1.29, 1.82) is 0 Å². The van der Waals surface area contributed by atoms with Crippen LogP contribution in [0, 0.1) is 11.8 Å². The van der Waals surface area contributed by atoms with E-state index in [9.17, 15) is 0 Å². The first-order valence-corrected chi connectivity index (χ1v) is 6.79. The van der Waals surface area contributed by atoms with E-state index in [0.717, 1.165) is 31.5 Å². The normalized spacial score (nSPS) is 45.6. The fourth-order valence-electron chi connectivity index (χ4n) is 4.46. The van der Waals surface area contributed by atoms with Crippen LogP contribution in [0.15, 0.2) is 0 Å². The van der Waals surface area contributed by atoms with Gasteiger partial charge in [-0.1, -0.05) is 6.92 Å². The first-order valence-electron chi connectivity index (χ1n) is 6.79. The Morgan fingerprint density at radius 2 is 2.38 bits per heavy atom. The summed E-state index contributed by atoms with van der Waals surface area (Å²) in [5.74, 6) is 1.59. The Balaban J connectivity index is 1.75. The molecule has 2 aliphatic heterocycles. The van der Waals surface area contributed by atoms with Gasteiger partial charge in [-0.05, 0) is 38.1 Å². The second-order valence-corrected chi connectivity index (χ2v) is 5.68. The summed E-state index contributed by atoms with van der Waals surface area (Å²) in [6.45, 7) is 5.39. The summed E-state index contributed by atoms with van der Waals surface area (Å²) in [6, 6.07) is 0.673. The summed E-state index contributed by atoms with van der Waals surface area (Å²) in [6.07, 6.45) is 5.20. The van der Waals surface area contributed by atoms with Gasteiger partial charge in [-0.25, -0.2) is 0 Å². The molecule has 0 aromatic rings. The van der Waals surface area contributed by atoms with Gasteiger partial charge >= 0.3 is 0 Å². The van der Waals surface area contributed by atoms with Gasteiger partial charge in [-0.3, -0.25) is 4.90 Å². The molecule has 4 atom stereocenters. The monoisotopic (exact) mass is 225 g/mol. The van der Waals surface area contributed by atoms with Gasteiger partial charge in [0.25, 0.3) is 0 Å². The van der Waals surface area contributed by atoms with E-state index >= 15 is 0 Å². The largest absolute Gasteiger partial charge is 0.395 e. The maximum atomic E-state index is 9.14. The summed E-state index contributed by atoms with van der Waals surface area (Å²) in [5.41, 5.74) is 0.260. The lowest BCUT2D eigenvalue weighted by atomic mass is 9.55. The number of aliphatic hydroxyl groups is 1. The number of likely N-dealkylation sites (N-methyl/N-ethyl adjacent to an activating group) is 1. The highest BCUT2D eigenvalue weighted by Gasteiger charge is 2.64. The van der Waals surface area contributed by atoms with Crippen LogP contribution in [-0.4, -0.2) is 48.0 Å². The molecule has 4 fully saturated rings. The summed E-state index contributed by atoms with van der Waals surface area (Å²) >= 11 is 0. The van der Waals surface area contributed by atoms with Crippen molar-refractivity contribution in [2.24, 2.45) is 11.8 Å². The zero-order valence-corrected chi connectivity index (χ0v) is 10.2. The minimum Gasteiger partial charge on any atom is -0.395 e. The third kappa shape index (κ3) is 1.38. The van der Waals surface area contributed by atoms with Crippen LogP contribution < -0.4 is 0 Å². The van der Waals surface area contributed by atoms with Gasteiger partial charge in [0, 0.05) is 18.5 Å². The van der Waals surface area contributed by atoms with Crippen molar-refractivity contribution >= 4 is 0 Å². The molecule has 2 aliphatic carbocycles. The first-order chi connectivity index (χ1) is 7.80. The zero-order valence-electron chi connectivity index (χ0n) is 10.2. The Labute approximate surface area is 97.8 Å². The van der Waals surface area contributed by atoms with Gasteiger partial charge < -0.3 is 9.84 Å². The van der Waals surface area contributed by atoms with Gasteiger partial charge in [0.2, 0.25) is 0 Å². The van der Waals surface area contributed by atoms with Crippen LogP contribution in [0.3, 0.4) is 0 Å². The van der Waals surface area contributed by atoms with Crippen molar-refractivity contribution in [2.45, 2.75) is 44.2 Å². The number of hydrogen-bond acceptors (Lipinski definition) is 3. The number of ether oxygens (including phenoxy) is 1. The Morgan fingerprint density at radius 3 is 3.06 bits per heavy atom. The van der Waals surface area contributed by atoms with Gasteiger partial charge in [0.15, 0.2) is 0 Å². The van der Waals surface area contributed by atoms with Crippen LogP contribution in [0.1, 0.15) is 32.6 Å². The molecule has 1 N–H and O–H groups in total. The molecule has 4 unspecified atom stereocenters. The molecule has 2 bridgehead atoms. The Hall–Kier alpha value is -0.120. The average Bonchev–Trinajstić information content (AvgIpc) is 2.83. The number of rotatable bonds is 4. The van der Waals surface area contributed by atoms with Gasteiger partial charge in [-0.2, -0.15) is 0 Å². The predicted molar refractivity (Wildman–Crippen MR) is 62.3 cm³/mol. The van der Waals surface area contributed by atoms with E-state index in [2.05, 4.69) is 11.8 Å². The Bertz CT molecular complexity index is 267. The molecule has 0 radical (unpaired) electrons. The van der Waals surface area contributed by atoms with Gasteiger partial charge in [0.05, 0.1) is 18.8 Å². The molecule has 0 amide bonds. The molecule has 2 saturated carbocycles. The molecule has 2 heterocycles. The Morgan fingerprint density at radius 1 is 1.50 bits per heavy atom. The maximum absolute atomic E-state index is 9.14. The smallest absolute Gasteiger partial charge is 0.0732 e. The van der Waals surface area contributed by atoms with Crippen molar-refractivity contribution < 1.29 is 9.84 Å². The van der Waals surface area contributed by atoms with Crippen LogP contribution in [0.4, 0.5) is 0 Å². The van der Waals surface area contributed by atoms with E-state index in [1.807, 2.05) is 0 Å². The van der Waals surface area contributed by atoms with E-state index in [1.165, 1.54) is 25.7 Å².